The van der Waals surface area contributed by atoms with Crippen LogP contribution < -0.4 is 5.32 Å². The SMILES string of the molecule is CCCC(=O)NCCc1c(Cc2ccc(C(F)(F)F)cc2)sc2ccc(O)cc12. The smallest absolute Gasteiger partial charge is 0.416 e. The first-order chi connectivity index (χ1) is 13.8. The maximum absolute atomic E-state index is 12.8. The predicted octanol–water partition coefficient (Wildman–Crippen LogP) is 5.68. The van der Waals surface area contributed by atoms with Gasteiger partial charge in [-0.15, -0.1) is 11.3 Å². The molecule has 0 fully saturated rings. The standard InChI is InChI=1S/C22H22F3NO2S/c1-2-3-21(28)26-11-10-17-18-13-16(27)8-9-19(18)29-20(17)12-14-4-6-15(7-5-14)22(23,24)25/h4-9,13,27H,2-3,10-12H2,1H3,(H,26,28). The van der Waals surface area contributed by atoms with E-state index in [1.807, 2.05) is 13.0 Å². The molecule has 3 rings (SSSR count). The lowest BCUT2D eigenvalue weighted by Gasteiger charge is -2.09. The summed E-state index contributed by atoms with van der Waals surface area (Å²) in [5.41, 5.74) is 1.13. The Kier molecular flexibility index (Phi) is 6.47. The molecule has 3 aromatic rings. The first kappa shape index (κ1) is 21.2. The van der Waals surface area contributed by atoms with Crippen LogP contribution in [0.25, 0.3) is 10.1 Å². The number of carbonyl (C=O) groups is 1. The number of phenolic OH excluding ortho intramolecular Hbond substituents is 1. The number of benzene rings is 2. The van der Waals surface area contributed by atoms with Gasteiger partial charge in [0, 0.05) is 29.0 Å². The summed E-state index contributed by atoms with van der Waals surface area (Å²) in [6.45, 7) is 2.41. The van der Waals surface area contributed by atoms with Crippen molar-refractivity contribution in [2.24, 2.45) is 0 Å². The number of halogens is 3. The zero-order valence-corrected chi connectivity index (χ0v) is 16.8. The minimum Gasteiger partial charge on any atom is -0.508 e. The fraction of sp³-hybridized carbons (Fsp3) is 0.318. The number of amides is 1. The normalized spacial score (nSPS) is 11.7. The summed E-state index contributed by atoms with van der Waals surface area (Å²) in [6, 6.07) is 10.3. The molecule has 154 valence electrons. The number of nitrogens with one attached hydrogen (secondary N) is 1. The Labute approximate surface area is 171 Å². The second kappa shape index (κ2) is 8.86. The van der Waals surface area contributed by atoms with Gasteiger partial charge in [-0.05, 0) is 59.7 Å². The monoisotopic (exact) mass is 421 g/mol. The number of alkyl halides is 3. The Hall–Kier alpha value is -2.54. The van der Waals surface area contributed by atoms with E-state index in [2.05, 4.69) is 5.32 Å². The fourth-order valence-corrected chi connectivity index (χ4v) is 4.51. The lowest BCUT2D eigenvalue weighted by molar-refractivity contribution is -0.137. The van der Waals surface area contributed by atoms with Crippen molar-refractivity contribution in [1.82, 2.24) is 5.32 Å². The average Bonchev–Trinajstić information content (AvgIpc) is 2.98. The molecule has 1 heterocycles. The van der Waals surface area contributed by atoms with Gasteiger partial charge in [-0.25, -0.2) is 0 Å². The average molecular weight is 421 g/mol. The summed E-state index contributed by atoms with van der Waals surface area (Å²) >= 11 is 1.56. The number of fused-ring (bicyclic) bond motifs is 1. The molecule has 0 aliphatic heterocycles. The van der Waals surface area contributed by atoms with E-state index in [9.17, 15) is 23.1 Å². The molecular weight excluding hydrogens is 399 g/mol. The number of hydrogen-bond acceptors (Lipinski definition) is 3. The minimum absolute atomic E-state index is 0.000767. The molecule has 0 unspecified atom stereocenters. The van der Waals surface area contributed by atoms with Gasteiger partial charge in [-0.2, -0.15) is 13.2 Å². The predicted molar refractivity (Wildman–Crippen MR) is 109 cm³/mol. The molecule has 2 N–H and O–H groups in total. The van der Waals surface area contributed by atoms with Gasteiger partial charge in [0.1, 0.15) is 5.75 Å². The summed E-state index contributed by atoms with van der Waals surface area (Å²) in [5, 5.41) is 13.7. The van der Waals surface area contributed by atoms with E-state index in [-0.39, 0.29) is 11.7 Å². The third-order valence-electron chi connectivity index (χ3n) is 4.68. The second-order valence-corrected chi connectivity index (χ2v) is 8.04. The van der Waals surface area contributed by atoms with Crippen molar-refractivity contribution < 1.29 is 23.1 Å². The second-order valence-electron chi connectivity index (χ2n) is 6.91. The van der Waals surface area contributed by atoms with Crippen molar-refractivity contribution in [3.05, 3.63) is 64.0 Å². The van der Waals surface area contributed by atoms with Crippen LogP contribution >= 0.6 is 11.3 Å². The van der Waals surface area contributed by atoms with E-state index in [1.165, 1.54) is 12.1 Å². The number of phenols is 1. The van der Waals surface area contributed by atoms with Gasteiger partial charge in [0.05, 0.1) is 5.56 Å². The lowest BCUT2D eigenvalue weighted by atomic mass is 10.0. The highest BCUT2D eigenvalue weighted by Gasteiger charge is 2.30. The Bertz CT molecular complexity index is 994. The van der Waals surface area contributed by atoms with Crippen LogP contribution in [0.3, 0.4) is 0 Å². The third kappa shape index (κ3) is 5.29. The van der Waals surface area contributed by atoms with Crippen molar-refractivity contribution in [3.8, 4) is 5.75 Å². The molecule has 3 nitrogen and oxygen atoms in total. The largest absolute Gasteiger partial charge is 0.508 e. The van der Waals surface area contributed by atoms with Gasteiger partial charge in [-0.1, -0.05) is 19.1 Å². The van der Waals surface area contributed by atoms with Gasteiger partial charge in [0.2, 0.25) is 5.91 Å². The molecule has 0 bridgehead atoms. The van der Waals surface area contributed by atoms with Crippen LogP contribution in [-0.2, 0) is 23.8 Å². The molecule has 1 aromatic heterocycles. The van der Waals surface area contributed by atoms with Crippen molar-refractivity contribution in [2.45, 2.75) is 38.8 Å². The zero-order chi connectivity index (χ0) is 21.0. The Balaban J connectivity index is 1.85. The van der Waals surface area contributed by atoms with Crippen LogP contribution in [0.5, 0.6) is 5.75 Å². The molecular formula is C22H22F3NO2S. The van der Waals surface area contributed by atoms with Gasteiger partial charge in [-0.3, -0.25) is 4.79 Å². The number of rotatable bonds is 7. The molecule has 0 saturated heterocycles. The highest BCUT2D eigenvalue weighted by atomic mass is 32.1. The van der Waals surface area contributed by atoms with Crippen LogP contribution in [0.2, 0.25) is 0 Å². The summed E-state index contributed by atoms with van der Waals surface area (Å²) in [6.07, 6.45) is -2.01. The van der Waals surface area contributed by atoms with Crippen LogP contribution in [0.1, 0.15) is 41.3 Å². The molecule has 0 atom stereocenters. The minimum atomic E-state index is -4.35. The highest BCUT2D eigenvalue weighted by Crippen LogP contribution is 2.36. The maximum atomic E-state index is 12.8. The van der Waals surface area contributed by atoms with E-state index >= 15 is 0 Å². The summed E-state index contributed by atoms with van der Waals surface area (Å²) in [5.74, 6) is 0.159. The molecule has 0 radical (unpaired) electrons. The van der Waals surface area contributed by atoms with Crippen LogP contribution in [0, 0.1) is 0 Å². The Morgan fingerprint density at radius 1 is 1.14 bits per heavy atom. The van der Waals surface area contributed by atoms with E-state index in [0.29, 0.717) is 25.8 Å². The summed E-state index contributed by atoms with van der Waals surface area (Å²) in [4.78, 5) is 12.8. The van der Waals surface area contributed by atoms with E-state index in [1.54, 1.807) is 23.5 Å². The van der Waals surface area contributed by atoms with Gasteiger partial charge in [0.15, 0.2) is 0 Å². The maximum Gasteiger partial charge on any atom is 0.416 e. The molecule has 0 aliphatic rings. The molecule has 0 saturated carbocycles. The van der Waals surface area contributed by atoms with Gasteiger partial charge in [0.25, 0.3) is 0 Å². The zero-order valence-electron chi connectivity index (χ0n) is 16.0. The Morgan fingerprint density at radius 2 is 1.86 bits per heavy atom. The van der Waals surface area contributed by atoms with Crippen LogP contribution in [0.4, 0.5) is 13.2 Å². The lowest BCUT2D eigenvalue weighted by Crippen LogP contribution is -2.25. The van der Waals surface area contributed by atoms with Crippen LogP contribution in [0.15, 0.2) is 42.5 Å². The topological polar surface area (TPSA) is 49.3 Å². The number of hydrogen-bond donors (Lipinski definition) is 2. The first-order valence-electron chi connectivity index (χ1n) is 9.44. The summed E-state index contributed by atoms with van der Waals surface area (Å²) < 4.78 is 39.4. The Morgan fingerprint density at radius 3 is 2.52 bits per heavy atom. The molecule has 29 heavy (non-hydrogen) atoms. The van der Waals surface area contributed by atoms with E-state index < -0.39 is 11.7 Å². The van der Waals surface area contributed by atoms with Crippen molar-refractivity contribution >= 4 is 27.3 Å². The quantitative estimate of drug-likeness (QED) is 0.516. The number of aromatic hydroxyl groups is 1. The highest BCUT2D eigenvalue weighted by molar-refractivity contribution is 7.19. The van der Waals surface area contributed by atoms with Crippen molar-refractivity contribution in [1.29, 1.82) is 0 Å². The molecule has 1 amide bonds. The first-order valence-corrected chi connectivity index (χ1v) is 10.3. The van der Waals surface area contributed by atoms with Gasteiger partial charge < -0.3 is 10.4 Å². The fourth-order valence-electron chi connectivity index (χ4n) is 3.24. The van der Waals surface area contributed by atoms with Crippen molar-refractivity contribution in [3.63, 3.8) is 0 Å². The summed E-state index contributed by atoms with van der Waals surface area (Å²) in [7, 11) is 0. The molecule has 0 aliphatic carbocycles. The number of thiophene rings is 1. The molecule has 7 heteroatoms. The van der Waals surface area contributed by atoms with E-state index in [0.717, 1.165) is 44.6 Å². The third-order valence-corrected chi connectivity index (χ3v) is 5.89. The van der Waals surface area contributed by atoms with E-state index in [4.69, 9.17) is 0 Å². The number of carbonyl (C=O) groups excluding carboxylic acids is 1. The molecule has 2 aromatic carbocycles. The van der Waals surface area contributed by atoms with Gasteiger partial charge >= 0.3 is 6.18 Å². The molecule has 0 spiro atoms. The van der Waals surface area contributed by atoms with Crippen molar-refractivity contribution in [2.75, 3.05) is 6.54 Å². The van der Waals surface area contributed by atoms with Crippen LogP contribution in [-0.4, -0.2) is 17.6 Å².